The van der Waals surface area contributed by atoms with Gasteiger partial charge >= 0.3 is 12.0 Å². The summed E-state index contributed by atoms with van der Waals surface area (Å²) in [5.41, 5.74) is 1.80. The van der Waals surface area contributed by atoms with Crippen molar-refractivity contribution in [3.05, 3.63) is 17.5 Å². The molecule has 2 amide bonds. The second-order valence-electron chi connectivity index (χ2n) is 3.80. The molecule has 0 spiro atoms. The maximum Gasteiger partial charge on any atom is 0.334 e. The van der Waals surface area contributed by atoms with Gasteiger partial charge in [-0.25, -0.2) is 9.59 Å². The Kier molecular flexibility index (Phi) is 4.67. The first-order valence-electron chi connectivity index (χ1n) is 5.32. The first kappa shape index (κ1) is 14.0. The number of carboxylic acid groups (broad SMARTS) is 1. The van der Waals surface area contributed by atoms with Crippen LogP contribution in [-0.4, -0.2) is 44.6 Å². The molecule has 1 atom stereocenters. The fraction of sp³-hybridized carbons (Fsp3) is 0.500. The van der Waals surface area contributed by atoms with Gasteiger partial charge in [0.15, 0.2) is 6.10 Å². The van der Waals surface area contributed by atoms with Crippen molar-refractivity contribution in [3.63, 3.8) is 0 Å². The molecular weight excluding hydrogens is 240 g/mol. The third-order valence-electron chi connectivity index (χ3n) is 2.52. The minimum Gasteiger partial charge on any atom is -0.479 e. The Balaban J connectivity index is 2.34. The molecule has 1 heterocycles. The van der Waals surface area contributed by atoms with E-state index in [1.807, 2.05) is 6.92 Å². The zero-order valence-corrected chi connectivity index (χ0v) is 10.2. The number of nitrogens with one attached hydrogen (secondary N) is 2. The molecule has 4 N–H and O–H groups in total. The average molecular weight is 256 g/mol. The predicted molar refractivity (Wildman–Crippen MR) is 61.8 cm³/mol. The van der Waals surface area contributed by atoms with Crippen LogP contribution in [0.1, 0.15) is 11.3 Å². The van der Waals surface area contributed by atoms with Crippen LogP contribution in [0.15, 0.2) is 6.20 Å². The summed E-state index contributed by atoms with van der Waals surface area (Å²) in [6.07, 6.45) is 0.0395. The van der Waals surface area contributed by atoms with Crippen molar-refractivity contribution in [1.82, 2.24) is 20.4 Å². The number of hydrogen-bond donors (Lipinski definition) is 4. The van der Waals surface area contributed by atoms with Crippen LogP contribution in [0.3, 0.4) is 0 Å². The smallest absolute Gasteiger partial charge is 0.334 e. The van der Waals surface area contributed by atoms with Gasteiger partial charge < -0.3 is 20.8 Å². The van der Waals surface area contributed by atoms with Crippen LogP contribution in [-0.2, 0) is 18.4 Å². The number of aliphatic carboxylic acids is 1. The Labute approximate surface area is 104 Å². The average Bonchev–Trinajstić information content (AvgIpc) is 2.64. The summed E-state index contributed by atoms with van der Waals surface area (Å²) in [5.74, 6) is -1.38. The monoisotopic (exact) mass is 256 g/mol. The summed E-state index contributed by atoms with van der Waals surface area (Å²) in [6.45, 7) is 1.82. The first-order valence-corrected chi connectivity index (χ1v) is 5.32. The molecule has 0 fully saturated rings. The SMILES string of the molecule is Cc1c(CNC(=O)NC[C@H](O)C(=O)O)cnn1C. The third kappa shape index (κ3) is 3.74. The predicted octanol–water partition coefficient (Wildman–Crippen LogP) is -1.03. The molecule has 0 unspecified atom stereocenters. The molecule has 0 aliphatic rings. The quantitative estimate of drug-likeness (QED) is 0.537. The van der Waals surface area contributed by atoms with E-state index >= 15 is 0 Å². The molecule has 0 saturated carbocycles. The van der Waals surface area contributed by atoms with Gasteiger partial charge in [0.2, 0.25) is 0 Å². The lowest BCUT2D eigenvalue weighted by Crippen LogP contribution is -2.41. The number of carbonyl (C=O) groups excluding carboxylic acids is 1. The van der Waals surface area contributed by atoms with Crippen LogP contribution in [0.25, 0.3) is 0 Å². The van der Waals surface area contributed by atoms with Crippen molar-refractivity contribution in [1.29, 1.82) is 0 Å². The number of hydrogen-bond acceptors (Lipinski definition) is 4. The highest BCUT2D eigenvalue weighted by atomic mass is 16.4. The van der Waals surface area contributed by atoms with E-state index in [0.29, 0.717) is 0 Å². The van der Waals surface area contributed by atoms with Gasteiger partial charge in [0, 0.05) is 24.8 Å². The van der Waals surface area contributed by atoms with E-state index < -0.39 is 18.1 Å². The minimum atomic E-state index is -1.60. The second-order valence-corrected chi connectivity index (χ2v) is 3.80. The Morgan fingerprint density at radius 3 is 2.67 bits per heavy atom. The lowest BCUT2D eigenvalue weighted by molar-refractivity contribution is -0.146. The van der Waals surface area contributed by atoms with E-state index in [1.165, 1.54) is 0 Å². The molecule has 8 nitrogen and oxygen atoms in total. The molecule has 1 aromatic heterocycles. The van der Waals surface area contributed by atoms with Gasteiger partial charge in [-0.1, -0.05) is 0 Å². The fourth-order valence-electron chi connectivity index (χ4n) is 1.23. The van der Waals surface area contributed by atoms with E-state index in [9.17, 15) is 9.59 Å². The van der Waals surface area contributed by atoms with Crippen molar-refractivity contribution in [2.45, 2.75) is 19.6 Å². The van der Waals surface area contributed by atoms with Gasteiger partial charge in [-0.3, -0.25) is 4.68 Å². The molecular formula is C10H16N4O4. The first-order chi connectivity index (χ1) is 8.41. The highest BCUT2D eigenvalue weighted by Crippen LogP contribution is 2.04. The van der Waals surface area contributed by atoms with Crippen molar-refractivity contribution in [2.75, 3.05) is 6.54 Å². The lowest BCUT2D eigenvalue weighted by Gasteiger charge is -2.09. The van der Waals surface area contributed by atoms with Crippen LogP contribution >= 0.6 is 0 Å². The Morgan fingerprint density at radius 2 is 2.17 bits per heavy atom. The van der Waals surface area contributed by atoms with Crippen LogP contribution in [0.5, 0.6) is 0 Å². The van der Waals surface area contributed by atoms with Crippen molar-refractivity contribution in [3.8, 4) is 0 Å². The standard InChI is InChI=1S/C10H16N4O4/c1-6-7(4-13-14(6)2)3-11-10(18)12-5-8(15)9(16)17/h4,8,15H,3,5H2,1-2H3,(H,16,17)(H2,11,12,18)/t8-/m0/s1. The number of carbonyl (C=O) groups is 2. The number of aromatic nitrogens is 2. The van der Waals surface area contributed by atoms with Crippen LogP contribution in [0, 0.1) is 6.92 Å². The summed E-state index contributed by atoms with van der Waals surface area (Å²) in [5, 5.41) is 26.2. The Hall–Kier alpha value is -2.09. The van der Waals surface area contributed by atoms with Gasteiger partial charge in [0.25, 0.3) is 0 Å². The maximum atomic E-state index is 11.3. The highest BCUT2D eigenvalue weighted by molar-refractivity contribution is 5.76. The molecule has 18 heavy (non-hydrogen) atoms. The van der Waals surface area contributed by atoms with Crippen molar-refractivity contribution >= 4 is 12.0 Å². The molecule has 0 aliphatic heterocycles. The van der Waals surface area contributed by atoms with E-state index in [2.05, 4.69) is 15.7 Å². The zero-order valence-electron chi connectivity index (χ0n) is 10.2. The molecule has 0 bridgehead atoms. The van der Waals surface area contributed by atoms with Gasteiger partial charge in [0.05, 0.1) is 12.7 Å². The van der Waals surface area contributed by atoms with Gasteiger partial charge in [0.1, 0.15) is 0 Å². The summed E-state index contributed by atoms with van der Waals surface area (Å²) in [4.78, 5) is 21.6. The number of nitrogens with zero attached hydrogens (tertiary/aromatic N) is 2. The number of urea groups is 1. The normalized spacial score (nSPS) is 11.9. The molecule has 8 heteroatoms. The van der Waals surface area contributed by atoms with Crippen LogP contribution in [0.4, 0.5) is 4.79 Å². The number of amides is 2. The molecule has 0 saturated heterocycles. The minimum absolute atomic E-state index is 0.286. The van der Waals surface area contributed by atoms with E-state index in [-0.39, 0.29) is 13.1 Å². The molecule has 1 aromatic rings. The second kappa shape index (κ2) is 6.01. The van der Waals surface area contributed by atoms with Crippen molar-refractivity contribution < 1.29 is 19.8 Å². The number of carboxylic acids is 1. The van der Waals surface area contributed by atoms with E-state index in [0.717, 1.165) is 11.3 Å². The van der Waals surface area contributed by atoms with Gasteiger partial charge in [-0.2, -0.15) is 5.10 Å². The lowest BCUT2D eigenvalue weighted by atomic mass is 10.2. The van der Waals surface area contributed by atoms with E-state index in [1.54, 1.807) is 17.9 Å². The zero-order chi connectivity index (χ0) is 13.7. The molecule has 100 valence electrons. The summed E-state index contributed by atoms with van der Waals surface area (Å²) in [6, 6.07) is -0.543. The molecule has 0 aromatic carbocycles. The summed E-state index contributed by atoms with van der Waals surface area (Å²) >= 11 is 0. The maximum absolute atomic E-state index is 11.3. The Morgan fingerprint density at radius 1 is 1.50 bits per heavy atom. The summed E-state index contributed by atoms with van der Waals surface area (Å²) in [7, 11) is 1.79. The van der Waals surface area contributed by atoms with Gasteiger partial charge in [-0.05, 0) is 6.92 Å². The molecule has 0 aliphatic carbocycles. The van der Waals surface area contributed by atoms with Gasteiger partial charge in [-0.15, -0.1) is 0 Å². The van der Waals surface area contributed by atoms with Crippen LogP contribution < -0.4 is 10.6 Å². The Bertz CT molecular complexity index is 443. The highest BCUT2D eigenvalue weighted by Gasteiger charge is 2.14. The van der Waals surface area contributed by atoms with E-state index in [4.69, 9.17) is 10.2 Å². The molecule has 0 radical (unpaired) electrons. The fourth-order valence-corrected chi connectivity index (χ4v) is 1.23. The number of aliphatic hydroxyl groups excluding tert-OH is 1. The number of rotatable bonds is 5. The number of aryl methyl sites for hydroxylation is 1. The van der Waals surface area contributed by atoms with Crippen molar-refractivity contribution in [2.24, 2.45) is 7.05 Å². The molecule has 1 rings (SSSR count). The summed E-state index contributed by atoms with van der Waals surface area (Å²) < 4.78 is 1.68. The largest absolute Gasteiger partial charge is 0.479 e. The third-order valence-corrected chi connectivity index (χ3v) is 2.52. The number of aliphatic hydroxyl groups is 1. The topological polar surface area (TPSA) is 116 Å². The van der Waals surface area contributed by atoms with Crippen LogP contribution in [0.2, 0.25) is 0 Å².